The first-order chi connectivity index (χ1) is 13.3. The monoisotopic (exact) mass is 403 g/mol. The standard InChI is InChI=1S/C21H22ClNO5/c22-17-4-1-3-16(12-17)15-9-7-14(8-10-15)11-18(13-21(27)28)23-19(24)5-2-6-20(25)26/h1,3-4,7-10,12,18H,2,5-6,11,13H2,(H,23,24)(H,25,26)(H,27,28)/t18-/m1/s1. The lowest BCUT2D eigenvalue weighted by atomic mass is 9.99. The number of carboxylic acid groups (broad SMARTS) is 2. The molecule has 2 aromatic carbocycles. The molecular formula is C21H22ClNO5. The minimum absolute atomic E-state index is 0.0517. The zero-order chi connectivity index (χ0) is 20.5. The molecule has 0 aromatic heterocycles. The molecule has 0 radical (unpaired) electrons. The van der Waals surface area contributed by atoms with Gasteiger partial charge in [-0.25, -0.2) is 0 Å². The predicted molar refractivity (Wildman–Crippen MR) is 106 cm³/mol. The van der Waals surface area contributed by atoms with Crippen molar-refractivity contribution in [3.8, 4) is 11.1 Å². The Balaban J connectivity index is 2.00. The van der Waals surface area contributed by atoms with Crippen LogP contribution < -0.4 is 5.32 Å². The van der Waals surface area contributed by atoms with Crippen LogP contribution in [0.2, 0.25) is 5.02 Å². The van der Waals surface area contributed by atoms with Gasteiger partial charge in [-0.2, -0.15) is 0 Å². The van der Waals surface area contributed by atoms with Crippen LogP contribution in [0.5, 0.6) is 0 Å². The molecule has 2 aromatic rings. The number of hydrogen-bond acceptors (Lipinski definition) is 3. The lowest BCUT2D eigenvalue weighted by Crippen LogP contribution is -2.38. The summed E-state index contributed by atoms with van der Waals surface area (Å²) < 4.78 is 0. The molecule has 0 unspecified atom stereocenters. The normalized spacial score (nSPS) is 11.6. The van der Waals surface area contributed by atoms with Crippen molar-refractivity contribution < 1.29 is 24.6 Å². The molecule has 0 fully saturated rings. The van der Waals surface area contributed by atoms with Gasteiger partial charge in [0.2, 0.25) is 5.91 Å². The number of rotatable bonds is 10. The Morgan fingerprint density at radius 3 is 2.25 bits per heavy atom. The molecule has 7 heteroatoms. The molecule has 1 amide bonds. The maximum absolute atomic E-state index is 12.0. The Morgan fingerprint density at radius 1 is 0.929 bits per heavy atom. The molecule has 3 N–H and O–H groups in total. The maximum Gasteiger partial charge on any atom is 0.305 e. The van der Waals surface area contributed by atoms with Crippen LogP contribution in [0, 0.1) is 0 Å². The summed E-state index contributed by atoms with van der Waals surface area (Å²) in [5.74, 6) is -2.32. The van der Waals surface area contributed by atoms with Gasteiger partial charge in [-0.1, -0.05) is 48.0 Å². The van der Waals surface area contributed by atoms with Crippen molar-refractivity contribution in [3.63, 3.8) is 0 Å². The van der Waals surface area contributed by atoms with Gasteiger partial charge in [0.25, 0.3) is 0 Å². The van der Waals surface area contributed by atoms with Crippen LogP contribution in [0.4, 0.5) is 0 Å². The molecule has 6 nitrogen and oxygen atoms in total. The second kappa shape index (κ2) is 10.5. The van der Waals surface area contributed by atoms with Crippen molar-refractivity contribution in [2.24, 2.45) is 0 Å². The number of aliphatic carboxylic acids is 2. The molecule has 0 aliphatic heterocycles. The molecule has 0 heterocycles. The predicted octanol–water partition coefficient (Wildman–Crippen LogP) is 3.76. The number of halogens is 1. The number of benzene rings is 2. The van der Waals surface area contributed by atoms with Gasteiger partial charge in [0.1, 0.15) is 0 Å². The second-order valence-electron chi connectivity index (χ2n) is 6.52. The SMILES string of the molecule is O=C(O)CCCC(=O)N[C@@H](CC(=O)O)Cc1ccc(-c2cccc(Cl)c2)cc1. The van der Waals surface area contributed by atoms with Gasteiger partial charge in [-0.05, 0) is 41.7 Å². The number of carbonyl (C=O) groups excluding carboxylic acids is 1. The van der Waals surface area contributed by atoms with Crippen LogP contribution in [0.15, 0.2) is 48.5 Å². The van der Waals surface area contributed by atoms with E-state index in [9.17, 15) is 14.4 Å². The summed E-state index contributed by atoms with van der Waals surface area (Å²) in [6.07, 6.45) is 0.334. The van der Waals surface area contributed by atoms with Gasteiger partial charge in [-0.15, -0.1) is 0 Å². The minimum Gasteiger partial charge on any atom is -0.481 e. The number of hydrogen-bond donors (Lipinski definition) is 3. The highest BCUT2D eigenvalue weighted by Gasteiger charge is 2.17. The number of carboxylic acids is 2. The van der Waals surface area contributed by atoms with E-state index in [0.717, 1.165) is 16.7 Å². The van der Waals surface area contributed by atoms with Crippen molar-refractivity contribution in [3.05, 3.63) is 59.1 Å². The fourth-order valence-corrected chi connectivity index (χ4v) is 3.06. The highest BCUT2D eigenvalue weighted by molar-refractivity contribution is 6.30. The van der Waals surface area contributed by atoms with Crippen molar-refractivity contribution in [1.82, 2.24) is 5.32 Å². The smallest absolute Gasteiger partial charge is 0.305 e. The summed E-state index contributed by atoms with van der Waals surface area (Å²) in [5, 5.41) is 21.1. The highest BCUT2D eigenvalue weighted by Crippen LogP contribution is 2.23. The van der Waals surface area contributed by atoms with E-state index in [2.05, 4.69) is 5.32 Å². The summed E-state index contributed by atoms with van der Waals surface area (Å²) >= 11 is 6.02. The second-order valence-corrected chi connectivity index (χ2v) is 6.96. The quantitative estimate of drug-likeness (QED) is 0.560. The number of carbonyl (C=O) groups is 3. The van der Waals surface area contributed by atoms with Crippen LogP contribution in [0.3, 0.4) is 0 Å². The Hall–Kier alpha value is -2.86. The molecule has 0 saturated carbocycles. The van der Waals surface area contributed by atoms with E-state index >= 15 is 0 Å². The summed E-state index contributed by atoms with van der Waals surface area (Å²) in [6.45, 7) is 0. The fourth-order valence-electron chi connectivity index (χ4n) is 2.87. The van der Waals surface area contributed by atoms with Gasteiger partial charge >= 0.3 is 11.9 Å². The Bertz CT molecular complexity index is 835. The minimum atomic E-state index is -1.01. The summed E-state index contributed by atoms with van der Waals surface area (Å²) in [5.41, 5.74) is 2.86. The van der Waals surface area contributed by atoms with E-state index < -0.39 is 18.0 Å². The zero-order valence-electron chi connectivity index (χ0n) is 15.2. The first-order valence-electron chi connectivity index (χ1n) is 8.91. The van der Waals surface area contributed by atoms with E-state index in [1.165, 1.54) is 0 Å². The topological polar surface area (TPSA) is 104 Å². The first-order valence-corrected chi connectivity index (χ1v) is 9.29. The van der Waals surface area contributed by atoms with Crippen molar-refractivity contribution >= 4 is 29.4 Å². The molecule has 0 spiro atoms. The zero-order valence-corrected chi connectivity index (χ0v) is 16.0. The molecule has 0 aliphatic rings. The number of nitrogens with one attached hydrogen (secondary N) is 1. The van der Waals surface area contributed by atoms with Gasteiger partial charge in [0.15, 0.2) is 0 Å². The van der Waals surface area contributed by atoms with Gasteiger partial charge in [0, 0.05) is 23.9 Å². The molecule has 148 valence electrons. The van der Waals surface area contributed by atoms with Gasteiger partial charge in [-0.3, -0.25) is 14.4 Å². The molecular weight excluding hydrogens is 382 g/mol. The molecule has 0 aliphatic carbocycles. The van der Waals surface area contributed by atoms with Gasteiger partial charge in [0.05, 0.1) is 6.42 Å². The first kappa shape index (κ1) is 21.4. The third kappa shape index (κ3) is 7.40. The summed E-state index contributed by atoms with van der Waals surface area (Å²) in [7, 11) is 0. The Morgan fingerprint density at radius 2 is 1.64 bits per heavy atom. The summed E-state index contributed by atoms with van der Waals surface area (Å²) in [6, 6.07) is 14.5. The number of amides is 1. The van der Waals surface area contributed by atoms with Crippen molar-refractivity contribution in [1.29, 1.82) is 0 Å². The van der Waals surface area contributed by atoms with Crippen LogP contribution in [-0.2, 0) is 20.8 Å². The van der Waals surface area contributed by atoms with E-state index in [1.807, 2.05) is 42.5 Å². The van der Waals surface area contributed by atoms with Crippen LogP contribution in [0.1, 0.15) is 31.2 Å². The molecule has 28 heavy (non-hydrogen) atoms. The van der Waals surface area contributed by atoms with Gasteiger partial charge < -0.3 is 15.5 Å². The lowest BCUT2D eigenvalue weighted by molar-refractivity contribution is -0.138. The fraction of sp³-hybridized carbons (Fsp3) is 0.286. The highest BCUT2D eigenvalue weighted by atomic mass is 35.5. The lowest BCUT2D eigenvalue weighted by Gasteiger charge is -2.17. The van der Waals surface area contributed by atoms with Crippen LogP contribution >= 0.6 is 11.6 Å². The third-order valence-electron chi connectivity index (χ3n) is 4.17. The van der Waals surface area contributed by atoms with E-state index in [0.29, 0.717) is 11.4 Å². The molecule has 1 atom stereocenters. The Labute approximate surface area is 168 Å². The Kier molecular flexibility index (Phi) is 8.02. The summed E-state index contributed by atoms with van der Waals surface area (Å²) in [4.78, 5) is 33.6. The van der Waals surface area contributed by atoms with E-state index in [-0.39, 0.29) is 31.6 Å². The van der Waals surface area contributed by atoms with Crippen molar-refractivity contribution in [2.75, 3.05) is 0 Å². The van der Waals surface area contributed by atoms with E-state index in [1.54, 1.807) is 6.07 Å². The maximum atomic E-state index is 12.0. The van der Waals surface area contributed by atoms with E-state index in [4.69, 9.17) is 21.8 Å². The largest absolute Gasteiger partial charge is 0.481 e. The molecule has 0 saturated heterocycles. The van der Waals surface area contributed by atoms with Crippen LogP contribution in [-0.4, -0.2) is 34.1 Å². The molecule has 0 bridgehead atoms. The molecule has 2 rings (SSSR count). The third-order valence-corrected chi connectivity index (χ3v) is 4.41. The average molecular weight is 404 g/mol. The average Bonchev–Trinajstić information content (AvgIpc) is 2.61. The van der Waals surface area contributed by atoms with Crippen molar-refractivity contribution in [2.45, 2.75) is 38.1 Å². The van der Waals surface area contributed by atoms with Crippen LogP contribution in [0.25, 0.3) is 11.1 Å².